The molecule has 0 atom stereocenters. The van der Waals surface area contributed by atoms with E-state index >= 15 is 0 Å². The van der Waals surface area contributed by atoms with Gasteiger partial charge in [0.1, 0.15) is 5.82 Å². The fraction of sp³-hybridized carbons (Fsp3) is 0.364. The molecule has 1 fully saturated rings. The summed E-state index contributed by atoms with van der Waals surface area (Å²) in [6.07, 6.45) is -5.48. The molecule has 0 unspecified atom stereocenters. The summed E-state index contributed by atoms with van der Waals surface area (Å²) in [6, 6.07) is 2.10. The van der Waals surface area contributed by atoms with Crippen LogP contribution >= 0.6 is 0 Å². The molecule has 1 aromatic carbocycles. The molecule has 0 bridgehead atoms. The van der Waals surface area contributed by atoms with Gasteiger partial charge in [-0.1, -0.05) is 0 Å². The van der Waals surface area contributed by atoms with E-state index in [-0.39, 0.29) is 18.7 Å². The number of likely N-dealkylation sites (tertiary alicyclic amines) is 1. The molecule has 98 valence electrons. The van der Waals surface area contributed by atoms with E-state index in [1.54, 1.807) is 0 Å². The van der Waals surface area contributed by atoms with Gasteiger partial charge in [-0.25, -0.2) is 4.39 Å². The van der Waals surface area contributed by atoms with Gasteiger partial charge in [0.15, 0.2) is 0 Å². The number of nitrogens with zero attached hydrogens (tertiary/aromatic N) is 1. The molecule has 1 aliphatic rings. The highest BCUT2D eigenvalue weighted by Gasteiger charge is 2.36. The van der Waals surface area contributed by atoms with Crippen LogP contribution in [0.1, 0.15) is 15.9 Å². The van der Waals surface area contributed by atoms with Crippen LogP contribution in [-0.4, -0.2) is 35.1 Å². The Morgan fingerprint density at radius 3 is 2.44 bits per heavy atom. The number of benzene rings is 1. The van der Waals surface area contributed by atoms with Crippen molar-refractivity contribution in [3.05, 3.63) is 35.1 Å². The number of amides is 1. The second-order valence-corrected chi connectivity index (χ2v) is 4.06. The number of β-amino-alcohol motifs (C(OH)–C–C–N with tert-alkyl or cyclic N) is 1. The van der Waals surface area contributed by atoms with Crippen LogP contribution in [0.15, 0.2) is 18.2 Å². The molecule has 0 aliphatic carbocycles. The first-order valence-corrected chi connectivity index (χ1v) is 5.13. The van der Waals surface area contributed by atoms with Crippen molar-refractivity contribution in [3.63, 3.8) is 0 Å². The molecule has 0 spiro atoms. The van der Waals surface area contributed by atoms with Crippen molar-refractivity contribution in [2.24, 2.45) is 0 Å². The normalized spacial score (nSPS) is 16.6. The molecule has 7 heteroatoms. The number of aliphatic hydroxyl groups excluding tert-OH is 1. The predicted octanol–water partition coefficient (Wildman–Crippen LogP) is 1.66. The summed E-state index contributed by atoms with van der Waals surface area (Å²) in [5, 5.41) is 9.01. The fourth-order valence-electron chi connectivity index (χ4n) is 1.68. The minimum absolute atomic E-state index is 0.0809. The molecule has 1 heterocycles. The summed E-state index contributed by atoms with van der Waals surface area (Å²) in [5.41, 5.74) is -1.70. The number of carbonyl (C=O) groups excluding carboxylic acids is 1. The van der Waals surface area contributed by atoms with E-state index in [1.807, 2.05) is 0 Å². The smallest absolute Gasteiger partial charge is 0.389 e. The fourth-order valence-corrected chi connectivity index (χ4v) is 1.68. The molecule has 1 N–H and O–H groups in total. The third-order valence-electron chi connectivity index (χ3n) is 2.67. The zero-order chi connectivity index (χ0) is 13.5. The molecule has 18 heavy (non-hydrogen) atoms. The maximum atomic E-state index is 13.0. The molecule has 0 saturated carbocycles. The van der Waals surface area contributed by atoms with E-state index in [0.717, 1.165) is 6.07 Å². The van der Waals surface area contributed by atoms with Gasteiger partial charge in [0.25, 0.3) is 5.91 Å². The second kappa shape index (κ2) is 4.24. The Hall–Kier alpha value is -1.63. The van der Waals surface area contributed by atoms with Gasteiger partial charge < -0.3 is 10.0 Å². The van der Waals surface area contributed by atoms with Crippen molar-refractivity contribution in [1.82, 2.24) is 4.90 Å². The van der Waals surface area contributed by atoms with Gasteiger partial charge >= 0.3 is 6.18 Å². The number of hydrogen-bond acceptors (Lipinski definition) is 2. The topological polar surface area (TPSA) is 40.5 Å². The van der Waals surface area contributed by atoms with Crippen molar-refractivity contribution in [2.45, 2.75) is 12.3 Å². The van der Waals surface area contributed by atoms with Crippen molar-refractivity contribution in [3.8, 4) is 0 Å². The Labute approximate surface area is 99.6 Å². The zero-order valence-corrected chi connectivity index (χ0v) is 9.04. The van der Waals surface area contributed by atoms with E-state index in [9.17, 15) is 22.4 Å². The van der Waals surface area contributed by atoms with Crippen LogP contribution in [0.4, 0.5) is 17.6 Å². The van der Waals surface area contributed by atoms with E-state index in [2.05, 4.69) is 0 Å². The van der Waals surface area contributed by atoms with Crippen molar-refractivity contribution >= 4 is 5.91 Å². The molecule has 2 rings (SSSR count). The molecular formula is C11H9F4NO2. The lowest BCUT2D eigenvalue weighted by atomic mass is 10.1. The van der Waals surface area contributed by atoms with Crippen LogP contribution in [0.25, 0.3) is 0 Å². The SMILES string of the molecule is O=C(c1ccc(F)c(C(F)(F)F)c1)N1CC(O)C1. The Morgan fingerprint density at radius 2 is 1.94 bits per heavy atom. The van der Waals surface area contributed by atoms with Crippen molar-refractivity contribution in [1.29, 1.82) is 0 Å². The lowest BCUT2D eigenvalue weighted by Crippen LogP contribution is -2.53. The molecule has 1 aliphatic heterocycles. The van der Waals surface area contributed by atoms with E-state index < -0.39 is 29.6 Å². The van der Waals surface area contributed by atoms with Crippen LogP contribution in [0.2, 0.25) is 0 Å². The highest BCUT2D eigenvalue weighted by molar-refractivity contribution is 5.95. The molecule has 0 radical (unpaired) electrons. The largest absolute Gasteiger partial charge is 0.419 e. The van der Waals surface area contributed by atoms with Crippen molar-refractivity contribution < 1.29 is 27.5 Å². The number of aliphatic hydroxyl groups is 1. The van der Waals surface area contributed by atoms with Crippen LogP contribution in [0.3, 0.4) is 0 Å². The average Bonchev–Trinajstić information content (AvgIpc) is 2.23. The van der Waals surface area contributed by atoms with Gasteiger partial charge in [0, 0.05) is 18.7 Å². The highest BCUT2D eigenvalue weighted by atomic mass is 19.4. The first kappa shape index (κ1) is 12.8. The summed E-state index contributed by atoms with van der Waals surface area (Å²) < 4.78 is 50.3. The van der Waals surface area contributed by atoms with Gasteiger partial charge in [-0.05, 0) is 18.2 Å². The van der Waals surface area contributed by atoms with Gasteiger partial charge in [0.05, 0.1) is 11.7 Å². The summed E-state index contributed by atoms with van der Waals surface area (Å²) >= 11 is 0. The monoisotopic (exact) mass is 263 g/mol. The predicted molar refractivity (Wildman–Crippen MR) is 53.3 cm³/mol. The molecule has 1 aromatic rings. The van der Waals surface area contributed by atoms with Crippen LogP contribution < -0.4 is 0 Å². The van der Waals surface area contributed by atoms with Crippen LogP contribution in [0.5, 0.6) is 0 Å². The number of hydrogen-bond donors (Lipinski definition) is 1. The highest BCUT2D eigenvalue weighted by Crippen LogP contribution is 2.32. The molecule has 0 aromatic heterocycles. The Morgan fingerprint density at radius 1 is 1.33 bits per heavy atom. The third-order valence-corrected chi connectivity index (χ3v) is 2.67. The minimum Gasteiger partial charge on any atom is -0.389 e. The van der Waals surface area contributed by atoms with E-state index in [1.165, 1.54) is 4.90 Å². The molecule has 1 amide bonds. The average molecular weight is 263 g/mol. The standard InChI is InChI=1S/C11H9F4NO2/c12-9-2-1-6(3-8(9)11(13,14)15)10(18)16-4-7(17)5-16/h1-3,7,17H,4-5H2. The van der Waals surface area contributed by atoms with Gasteiger partial charge in [0.2, 0.25) is 0 Å². The van der Waals surface area contributed by atoms with E-state index in [0.29, 0.717) is 12.1 Å². The maximum Gasteiger partial charge on any atom is 0.419 e. The first-order chi connectivity index (χ1) is 8.29. The van der Waals surface area contributed by atoms with Gasteiger partial charge in [-0.15, -0.1) is 0 Å². The third kappa shape index (κ3) is 2.31. The maximum absolute atomic E-state index is 13.0. The second-order valence-electron chi connectivity index (χ2n) is 4.06. The number of rotatable bonds is 1. The number of carbonyl (C=O) groups is 1. The Bertz CT molecular complexity index is 480. The quantitative estimate of drug-likeness (QED) is 0.783. The lowest BCUT2D eigenvalue weighted by molar-refractivity contribution is -0.140. The van der Waals surface area contributed by atoms with E-state index in [4.69, 9.17) is 5.11 Å². The summed E-state index contributed by atoms with van der Waals surface area (Å²) in [6.45, 7) is 0.162. The summed E-state index contributed by atoms with van der Waals surface area (Å²) in [5.74, 6) is -2.06. The summed E-state index contributed by atoms with van der Waals surface area (Å²) in [7, 11) is 0. The van der Waals surface area contributed by atoms with Crippen molar-refractivity contribution in [2.75, 3.05) is 13.1 Å². The number of halogens is 4. The van der Waals surface area contributed by atoms with Gasteiger partial charge in [-0.2, -0.15) is 13.2 Å². The van der Waals surface area contributed by atoms with Gasteiger partial charge in [-0.3, -0.25) is 4.79 Å². The Kier molecular flexibility index (Phi) is 3.02. The minimum atomic E-state index is -4.84. The summed E-state index contributed by atoms with van der Waals surface area (Å²) in [4.78, 5) is 12.9. The lowest BCUT2D eigenvalue weighted by Gasteiger charge is -2.35. The molecule has 3 nitrogen and oxygen atoms in total. The van der Waals surface area contributed by atoms with Crippen LogP contribution in [-0.2, 0) is 6.18 Å². The Balaban J connectivity index is 2.27. The first-order valence-electron chi connectivity index (χ1n) is 5.13. The zero-order valence-electron chi connectivity index (χ0n) is 9.04. The molecule has 1 saturated heterocycles. The molecular weight excluding hydrogens is 254 g/mol. The van der Waals surface area contributed by atoms with Crippen LogP contribution in [0, 0.1) is 5.82 Å². The number of alkyl halides is 3.